The fraction of sp³-hybridized carbons (Fsp3) is 0.727. The Morgan fingerprint density at radius 3 is 2.44 bits per heavy atom. The van der Waals surface area contributed by atoms with E-state index in [0.29, 0.717) is 18.6 Å². The first-order chi connectivity index (χ1) is 7.47. The zero-order valence-electron chi connectivity index (χ0n) is 10.1. The molecule has 0 saturated carbocycles. The van der Waals surface area contributed by atoms with Crippen LogP contribution in [-0.4, -0.2) is 30.3 Å². The van der Waals surface area contributed by atoms with E-state index in [1.54, 1.807) is 0 Å². The zero-order chi connectivity index (χ0) is 12.6. The van der Waals surface area contributed by atoms with E-state index >= 15 is 0 Å². The fourth-order valence-electron chi connectivity index (χ4n) is 0.996. The van der Waals surface area contributed by atoms with Crippen LogP contribution >= 0.6 is 0 Å². The van der Waals surface area contributed by atoms with Crippen molar-refractivity contribution in [2.75, 3.05) is 7.05 Å². The molecule has 5 nitrogen and oxygen atoms in total. The van der Waals surface area contributed by atoms with Crippen LogP contribution < -0.4 is 0 Å². The summed E-state index contributed by atoms with van der Waals surface area (Å²) in [6, 6.07) is 0. The largest absolute Gasteiger partial charge is 0.338 e. The van der Waals surface area contributed by atoms with E-state index in [1.807, 2.05) is 13.8 Å². The van der Waals surface area contributed by atoms with Crippen LogP contribution in [-0.2, 0) is 19.2 Å². The summed E-state index contributed by atoms with van der Waals surface area (Å²) >= 11 is 0. The van der Waals surface area contributed by atoms with Crippen molar-refractivity contribution in [3.63, 3.8) is 0 Å². The summed E-state index contributed by atoms with van der Waals surface area (Å²) in [4.78, 5) is 37.4. The van der Waals surface area contributed by atoms with Gasteiger partial charge in [-0.15, -0.1) is 0 Å². The Morgan fingerprint density at radius 2 is 1.94 bits per heavy atom. The van der Waals surface area contributed by atoms with Gasteiger partial charge in [0.25, 0.3) is 5.91 Å². The van der Waals surface area contributed by atoms with Gasteiger partial charge in [0.15, 0.2) is 0 Å². The lowest BCUT2D eigenvalue weighted by Gasteiger charge is -2.15. The molecule has 0 aromatic carbocycles. The Balaban J connectivity index is 3.84. The van der Waals surface area contributed by atoms with Gasteiger partial charge in [-0.05, 0) is 12.3 Å². The lowest BCUT2D eigenvalue weighted by molar-refractivity contribution is -0.193. The molecule has 5 heteroatoms. The third kappa shape index (κ3) is 6.98. The second-order valence-electron chi connectivity index (χ2n) is 3.99. The van der Waals surface area contributed by atoms with Gasteiger partial charge in [-0.3, -0.25) is 4.79 Å². The minimum absolute atomic E-state index is 0.0669. The van der Waals surface area contributed by atoms with Crippen molar-refractivity contribution >= 4 is 18.2 Å². The SMILES string of the molecule is CC(C)CCC(=O)ON(C)C(=O)CCC=O. The van der Waals surface area contributed by atoms with Crippen LogP contribution in [0.4, 0.5) is 0 Å². The molecule has 0 aromatic heterocycles. The summed E-state index contributed by atoms with van der Waals surface area (Å²) in [6.45, 7) is 4.01. The fourth-order valence-corrected chi connectivity index (χ4v) is 0.996. The number of hydrogen-bond acceptors (Lipinski definition) is 4. The van der Waals surface area contributed by atoms with Gasteiger partial charge in [0.05, 0.1) is 0 Å². The number of carbonyl (C=O) groups excluding carboxylic acids is 3. The van der Waals surface area contributed by atoms with Crippen molar-refractivity contribution in [3.05, 3.63) is 0 Å². The molecule has 0 heterocycles. The van der Waals surface area contributed by atoms with Gasteiger partial charge >= 0.3 is 5.97 Å². The standard InChI is InChI=1S/C11H19NO4/c1-9(2)6-7-11(15)16-12(3)10(14)5-4-8-13/h8-9H,4-7H2,1-3H3. The third-order valence-corrected chi connectivity index (χ3v) is 1.99. The van der Waals surface area contributed by atoms with Crippen molar-refractivity contribution in [2.24, 2.45) is 5.92 Å². The molecule has 0 aliphatic carbocycles. The maximum Gasteiger partial charge on any atom is 0.332 e. The topological polar surface area (TPSA) is 63.7 Å². The Morgan fingerprint density at radius 1 is 1.31 bits per heavy atom. The molecular weight excluding hydrogens is 210 g/mol. The van der Waals surface area contributed by atoms with Crippen LogP contribution in [0.2, 0.25) is 0 Å². The smallest absolute Gasteiger partial charge is 0.332 e. The summed E-state index contributed by atoms with van der Waals surface area (Å²) in [7, 11) is 1.38. The van der Waals surface area contributed by atoms with Crippen molar-refractivity contribution in [3.8, 4) is 0 Å². The molecule has 0 spiro atoms. The second-order valence-corrected chi connectivity index (χ2v) is 3.99. The summed E-state index contributed by atoms with van der Waals surface area (Å²) in [6.07, 6.45) is 1.90. The predicted molar refractivity (Wildman–Crippen MR) is 58.2 cm³/mol. The predicted octanol–water partition coefficient (Wildman–Crippen LogP) is 1.32. The number of nitrogens with zero attached hydrogens (tertiary/aromatic N) is 1. The monoisotopic (exact) mass is 229 g/mol. The molecule has 0 aliphatic heterocycles. The van der Waals surface area contributed by atoms with E-state index in [1.165, 1.54) is 7.05 Å². The number of hydroxylamine groups is 2. The molecule has 0 N–H and O–H groups in total. The maximum absolute atomic E-state index is 11.3. The van der Waals surface area contributed by atoms with E-state index < -0.39 is 5.97 Å². The molecule has 16 heavy (non-hydrogen) atoms. The summed E-state index contributed by atoms with van der Waals surface area (Å²) < 4.78 is 0. The minimum Gasteiger partial charge on any atom is -0.338 e. The average molecular weight is 229 g/mol. The molecule has 0 saturated heterocycles. The molecule has 0 unspecified atom stereocenters. The first-order valence-corrected chi connectivity index (χ1v) is 5.38. The zero-order valence-corrected chi connectivity index (χ0v) is 10.1. The normalized spacial score (nSPS) is 10.0. The van der Waals surface area contributed by atoms with Crippen LogP contribution in [0.25, 0.3) is 0 Å². The van der Waals surface area contributed by atoms with Gasteiger partial charge in [0.2, 0.25) is 0 Å². The van der Waals surface area contributed by atoms with E-state index in [4.69, 9.17) is 4.84 Å². The summed E-state index contributed by atoms with van der Waals surface area (Å²) in [5.41, 5.74) is 0. The molecule has 0 aliphatic rings. The van der Waals surface area contributed by atoms with Crippen LogP contribution in [0.3, 0.4) is 0 Å². The number of amides is 1. The first-order valence-electron chi connectivity index (χ1n) is 5.38. The molecule has 0 atom stereocenters. The highest BCUT2D eigenvalue weighted by atomic mass is 16.7. The average Bonchev–Trinajstić information content (AvgIpc) is 2.22. The van der Waals surface area contributed by atoms with E-state index in [2.05, 4.69) is 0 Å². The lowest BCUT2D eigenvalue weighted by atomic mass is 10.1. The van der Waals surface area contributed by atoms with Gasteiger partial charge in [0.1, 0.15) is 6.29 Å². The Hall–Kier alpha value is -1.39. The molecular formula is C11H19NO4. The molecule has 0 bridgehead atoms. The molecule has 0 radical (unpaired) electrons. The van der Waals surface area contributed by atoms with Gasteiger partial charge in [-0.25, -0.2) is 4.79 Å². The van der Waals surface area contributed by atoms with Gasteiger partial charge < -0.3 is 9.63 Å². The van der Waals surface area contributed by atoms with Crippen molar-refractivity contribution in [1.82, 2.24) is 5.06 Å². The number of rotatable bonds is 6. The van der Waals surface area contributed by atoms with E-state index in [0.717, 1.165) is 11.5 Å². The molecule has 0 rings (SSSR count). The van der Waals surface area contributed by atoms with Crippen molar-refractivity contribution in [1.29, 1.82) is 0 Å². The number of aldehydes is 1. The highest BCUT2D eigenvalue weighted by Gasteiger charge is 2.13. The van der Waals surface area contributed by atoms with Gasteiger partial charge in [-0.2, -0.15) is 5.06 Å². The molecule has 0 fully saturated rings. The highest BCUT2D eigenvalue weighted by Crippen LogP contribution is 2.05. The van der Waals surface area contributed by atoms with Crippen LogP contribution in [0.5, 0.6) is 0 Å². The van der Waals surface area contributed by atoms with Crippen molar-refractivity contribution < 1.29 is 19.2 Å². The summed E-state index contributed by atoms with van der Waals surface area (Å²) in [5.74, 6) is -0.371. The van der Waals surface area contributed by atoms with Crippen LogP contribution in [0.15, 0.2) is 0 Å². The van der Waals surface area contributed by atoms with Crippen LogP contribution in [0.1, 0.15) is 39.5 Å². The first kappa shape index (κ1) is 14.6. The minimum atomic E-state index is -0.421. The van der Waals surface area contributed by atoms with E-state index in [-0.39, 0.29) is 18.7 Å². The van der Waals surface area contributed by atoms with Gasteiger partial charge in [-0.1, -0.05) is 13.8 Å². The quantitative estimate of drug-likeness (QED) is 0.509. The number of carbonyl (C=O) groups is 3. The lowest BCUT2D eigenvalue weighted by Crippen LogP contribution is -2.29. The van der Waals surface area contributed by atoms with Crippen LogP contribution in [0, 0.1) is 5.92 Å². The molecule has 1 amide bonds. The summed E-state index contributed by atoms with van der Waals surface area (Å²) in [5, 5.41) is 0.895. The second kappa shape index (κ2) is 7.84. The Kier molecular flexibility index (Phi) is 7.16. The molecule has 0 aromatic rings. The Labute approximate surface area is 95.7 Å². The Bertz CT molecular complexity index is 250. The van der Waals surface area contributed by atoms with E-state index in [9.17, 15) is 14.4 Å². The van der Waals surface area contributed by atoms with Crippen molar-refractivity contribution in [2.45, 2.75) is 39.5 Å². The third-order valence-electron chi connectivity index (χ3n) is 1.99. The van der Waals surface area contributed by atoms with Gasteiger partial charge in [0, 0.05) is 26.3 Å². The maximum atomic E-state index is 11.3. The molecule has 92 valence electrons. The highest BCUT2D eigenvalue weighted by molar-refractivity contribution is 5.79. The number of hydrogen-bond donors (Lipinski definition) is 0.